The summed E-state index contributed by atoms with van der Waals surface area (Å²) < 4.78 is 29.8. The molecule has 6 nitrogen and oxygen atoms in total. The van der Waals surface area contributed by atoms with E-state index in [0.717, 1.165) is 33.8 Å². The van der Waals surface area contributed by atoms with Crippen molar-refractivity contribution in [2.75, 3.05) is 0 Å². The minimum absolute atomic E-state index is 0.00831. The molecular formula is C29H24ClF2N5O. The Kier molecular flexibility index (Phi) is 7.15. The standard InChI is InChI=1S/C29H24ClF2N5O/c1-17-7-25-27(8-18(17)2)37(16-35-25)14-28(38)36-26(11-19-9-22(31)12-23(32)10-19)29-24(13-33-15-34-29)20-3-5-21(30)6-4-20/h3-10,12-13,15-16,26H,11,14H2,1-2H3,(H,36,38)/t26-/m1/s1. The zero-order chi connectivity index (χ0) is 26.8. The molecule has 2 aromatic heterocycles. The van der Waals surface area contributed by atoms with E-state index in [1.165, 1.54) is 18.5 Å². The van der Waals surface area contributed by atoms with Crippen molar-refractivity contribution in [1.29, 1.82) is 0 Å². The van der Waals surface area contributed by atoms with E-state index in [1.54, 1.807) is 29.2 Å². The lowest BCUT2D eigenvalue weighted by Gasteiger charge is -2.21. The number of carbonyl (C=O) groups is 1. The fourth-order valence-corrected chi connectivity index (χ4v) is 4.61. The first-order valence-electron chi connectivity index (χ1n) is 12.0. The summed E-state index contributed by atoms with van der Waals surface area (Å²) in [7, 11) is 0. The predicted molar refractivity (Wildman–Crippen MR) is 143 cm³/mol. The Bertz CT molecular complexity index is 1610. The molecule has 0 fully saturated rings. The number of nitrogens with zero attached hydrogens (tertiary/aromatic N) is 4. The minimum Gasteiger partial charge on any atom is -0.346 e. The molecule has 5 rings (SSSR count). The summed E-state index contributed by atoms with van der Waals surface area (Å²) in [5.74, 6) is -1.69. The summed E-state index contributed by atoms with van der Waals surface area (Å²) in [6, 6.07) is 13.8. The molecule has 0 saturated carbocycles. The zero-order valence-corrected chi connectivity index (χ0v) is 21.5. The van der Waals surface area contributed by atoms with Crippen molar-refractivity contribution in [3.63, 3.8) is 0 Å². The molecule has 0 radical (unpaired) electrons. The lowest BCUT2D eigenvalue weighted by Crippen LogP contribution is -2.33. The van der Waals surface area contributed by atoms with Gasteiger partial charge in [-0.25, -0.2) is 23.7 Å². The monoisotopic (exact) mass is 531 g/mol. The zero-order valence-electron chi connectivity index (χ0n) is 20.8. The van der Waals surface area contributed by atoms with Crippen LogP contribution in [-0.2, 0) is 17.8 Å². The summed E-state index contributed by atoms with van der Waals surface area (Å²) in [6.45, 7) is 4.03. The normalized spacial score (nSPS) is 12.0. The van der Waals surface area contributed by atoms with Crippen molar-refractivity contribution in [3.8, 4) is 11.1 Å². The Hall–Kier alpha value is -4.17. The molecule has 0 aliphatic rings. The Morgan fingerprint density at radius 1 is 1.00 bits per heavy atom. The van der Waals surface area contributed by atoms with Crippen LogP contribution in [0.1, 0.15) is 28.4 Å². The topological polar surface area (TPSA) is 72.7 Å². The molecule has 0 unspecified atom stereocenters. The minimum atomic E-state index is -0.698. The molecule has 0 saturated heterocycles. The second-order valence-corrected chi connectivity index (χ2v) is 9.66. The fourth-order valence-electron chi connectivity index (χ4n) is 4.48. The molecule has 0 aliphatic heterocycles. The summed E-state index contributed by atoms with van der Waals surface area (Å²) in [5.41, 5.74) is 6.22. The number of hydrogen-bond donors (Lipinski definition) is 1. The molecule has 0 bridgehead atoms. The highest BCUT2D eigenvalue weighted by Gasteiger charge is 2.22. The van der Waals surface area contributed by atoms with Gasteiger partial charge in [0.05, 0.1) is 29.1 Å². The van der Waals surface area contributed by atoms with Crippen LogP contribution >= 0.6 is 11.6 Å². The molecular weight excluding hydrogens is 508 g/mol. The van der Waals surface area contributed by atoms with Gasteiger partial charge >= 0.3 is 0 Å². The second kappa shape index (κ2) is 10.7. The summed E-state index contributed by atoms with van der Waals surface area (Å²) in [6.07, 6.45) is 4.77. The Morgan fingerprint density at radius 2 is 1.71 bits per heavy atom. The molecule has 9 heteroatoms. The quantitative estimate of drug-likeness (QED) is 0.274. The number of halogens is 3. The largest absolute Gasteiger partial charge is 0.346 e. The van der Waals surface area contributed by atoms with Crippen LogP contribution in [0.4, 0.5) is 8.78 Å². The van der Waals surface area contributed by atoms with Gasteiger partial charge in [-0.15, -0.1) is 0 Å². The highest BCUT2D eigenvalue weighted by molar-refractivity contribution is 6.30. The lowest BCUT2D eigenvalue weighted by atomic mass is 9.96. The van der Waals surface area contributed by atoms with Crippen molar-refractivity contribution >= 4 is 28.5 Å². The molecule has 0 spiro atoms. The summed E-state index contributed by atoms with van der Waals surface area (Å²) >= 11 is 6.07. The second-order valence-electron chi connectivity index (χ2n) is 9.23. The van der Waals surface area contributed by atoms with Crippen molar-refractivity contribution in [2.24, 2.45) is 0 Å². The molecule has 0 aliphatic carbocycles. The van der Waals surface area contributed by atoms with Crippen molar-refractivity contribution in [3.05, 3.63) is 112 Å². The van der Waals surface area contributed by atoms with Crippen molar-refractivity contribution in [1.82, 2.24) is 24.8 Å². The van der Waals surface area contributed by atoms with Crippen molar-refractivity contribution < 1.29 is 13.6 Å². The van der Waals surface area contributed by atoms with Gasteiger partial charge in [0, 0.05) is 22.8 Å². The molecule has 1 amide bonds. The van der Waals surface area contributed by atoms with Crippen LogP contribution < -0.4 is 5.32 Å². The smallest absolute Gasteiger partial charge is 0.240 e. The van der Waals surface area contributed by atoms with E-state index < -0.39 is 17.7 Å². The summed E-state index contributed by atoms with van der Waals surface area (Å²) in [4.78, 5) is 26.4. The van der Waals surface area contributed by atoms with Gasteiger partial charge in [-0.05, 0) is 78.9 Å². The maximum Gasteiger partial charge on any atom is 0.240 e. The molecule has 192 valence electrons. The molecule has 1 N–H and O–H groups in total. The first-order valence-corrected chi connectivity index (χ1v) is 12.4. The summed E-state index contributed by atoms with van der Waals surface area (Å²) in [5, 5.41) is 3.60. The highest BCUT2D eigenvalue weighted by atomic mass is 35.5. The van der Waals surface area contributed by atoms with Crippen LogP contribution in [0.2, 0.25) is 5.02 Å². The van der Waals surface area contributed by atoms with Crippen LogP contribution in [0.5, 0.6) is 0 Å². The molecule has 2 heterocycles. The van der Waals surface area contributed by atoms with Crippen LogP contribution in [0.25, 0.3) is 22.2 Å². The molecule has 3 aromatic carbocycles. The third kappa shape index (κ3) is 5.55. The van der Waals surface area contributed by atoms with Gasteiger partial charge in [0.1, 0.15) is 24.5 Å². The first-order chi connectivity index (χ1) is 18.3. The fraction of sp³-hybridized carbons (Fsp3) is 0.172. The average Bonchev–Trinajstić information content (AvgIpc) is 3.24. The third-order valence-electron chi connectivity index (χ3n) is 6.48. The van der Waals surface area contributed by atoms with Crippen molar-refractivity contribution in [2.45, 2.75) is 32.9 Å². The average molecular weight is 532 g/mol. The highest BCUT2D eigenvalue weighted by Crippen LogP contribution is 2.29. The number of fused-ring (bicyclic) bond motifs is 1. The van der Waals surface area contributed by atoms with Gasteiger partial charge in [-0.1, -0.05) is 23.7 Å². The Balaban J connectivity index is 1.49. The van der Waals surface area contributed by atoms with E-state index in [4.69, 9.17) is 11.6 Å². The van der Waals surface area contributed by atoms with E-state index in [9.17, 15) is 13.6 Å². The number of nitrogens with one attached hydrogen (secondary N) is 1. The third-order valence-corrected chi connectivity index (χ3v) is 6.73. The number of carbonyl (C=O) groups excluding carboxylic acids is 1. The number of imidazole rings is 1. The van der Waals surface area contributed by atoms with Gasteiger partial charge in [-0.2, -0.15) is 0 Å². The van der Waals surface area contributed by atoms with Gasteiger partial charge in [-0.3, -0.25) is 4.79 Å². The number of amides is 1. The molecule has 1 atom stereocenters. The predicted octanol–water partition coefficient (Wildman–Crippen LogP) is 6.14. The maximum atomic E-state index is 14.0. The van der Waals surface area contributed by atoms with E-state index in [0.29, 0.717) is 21.8 Å². The number of aromatic nitrogens is 4. The molecule has 38 heavy (non-hydrogen) atoms. The van der Waals surface area contributed by atoms with Crippen LogP contribution in [0, 0.1) is 25.5 Å². The Labute approximate surface area is 223 Å². The SMILES string of the molecule is Cc1cc2ncn(CC(=O)N[C@H](Cc3cc(F)cc(F)c3)c3ncncc3-c3ccc(Cl)cc3)c2cc1C. The maximum absolute atomic E-state index is 14.0. The number of benzene rings is 3. The van der Waals surface area contributed by atoms with Gasteiger partial charge in [0.2, 0.25) is 5.91 Å². The van der Waals surface area contributed by atoms with Crippen LogP contribution in [0.3, 0.4) is 0 Å². The van der Waals surface area contributed by atoms with E-state index in [1.807, 2.05) is 38.1 Å². The lowest BCUT2D eigenvalue weighted by molar-refractivity contribution is -0.122. The van der Waals surface area contributed by atoms with Crippen LogP contribution in [0.15, 0.2) is 73.4 Å². The number of aryl methyl sites for hydroxylation is 2. The Morgan fingerprint density at radius 3 is 2.45 bits per heavy atom. The first kappa shape index (κ1) is 25.5. The van der Waals surface area contributed by atoms with E-state index in [2.05, 4.69) is 20.3 Å². The van der Waals surface area contributed by atoms with Crippen LogP contribution in [-0.4, -0.2) is 25.4 Å². The van der Waals surface area contributed by atoms with Gasteiger partial charge in [0.15, 0.2) is 0 Å². The van der Waals surface area contributed by atoms with Gasteiger partial charge in [0.25, 0.3) is 0 Å². The van der Waals surface area contributed by atoms with E-state index in [-0.39, 0.29) is 18.9 Å². The number of rotatable bonds is 7. The van der Waals surface area contributed by atoms with Gasteiger partial charge < -0.3 is 9.88 Å². The number of hydrogen-bond acceptors (Lipinski definition) is 4. The molecule has 5 aromatic rings. The van der Waals surface area contributed by atoms with E-state index >= 15 is 0 Å².